The van der Waals surface area contributed by atoms with Crippen LogP contribution in [0.25, 0.3) is 0 Å². The van der Waals surface area contributed by atoms with Crippen LogP contribution in [0.5, 0.6) is 0 Å². The highest BCUT2D eigenvalue weighted by Crippen LogP contribution is 2.21. The molecule has 78 valence electrons. The average Bonchev–Trinajstić information content (AvgIpc) is 2.14. The molecule has 0 N–H and O–H groups in total. The fourth-order valence-corrected chi connectivity index (χ4v) is 2.49. The maximum Gasteiger partial charge on any atom is 0.261 e. The summed E-state index contributed by atoms with van der Waals surface area (Å²) in [6.07, 6.45) is 2.78. The molecule has 0 saturated carbocycles. The van der Waals surface area contributed by atoms with E-state index in [0.717, 1.165) is 24.8 Å². The predicted molar refractivity (Wildman–Crippen MR) is 58.1 cm³/mol. The third-order valence-electron chi connectivity index (χ3n) is 2.03. The minimum absolute atomic E-state index is 0.245. The van der Waals surface area contributed by atoms with E-state index in [-0.39, 0.29) is 4.90 Å². The van der Waals surface area contributed by atoms with Crippen molar-refractivity contribution in [2.45, 2.75) is 31.1 Å². The molecule has 0 radical (unpaired) electrons. The van der Waals surface area contributed by atoms with Crippen molar-refractivity contribution in [3.05, 3.63) is 29.8 Å². The number of halogens is 1. The van der Waals surface area contributed by atoms with Gasteiger partial charge in [0, 0.05) is 10.7 Å². The van der Waals surface area contributed by atoms with E-state index < -0.39 is 9.05 Å². The van der Waals surface area contributed by atoms with Gasteiger partial charge in [-0.2, -0.15) is 0 Å². The zero-order valence-corrected chi connectivity index (χ0v) is 9.61. The molecular formula is C10H13ClO2S. The van der Waals surface area contributed by atoms with Crippen LogP contribution in [0.1, 0.15) is 25.3 Å². The fourth-order valence-electron chi connectivity index (χ4n) is 1.32. The lowest BCUT2D eigenvalue weighted by atomic mass is 10.1. The molecular weight excluding hydrogens is 220 g/mol. The lowest BCUT2D eigenvalue weighted by molar-refractivity contribution is 0.608. The lowest BCUT2D eigenvalue weighted by Gasteiger charge is -2.04. The maximum absolute atomic E-state index is 11.2. The van der Waals surface area contributed by atoms with Gasteiger partial charge in [0.25, 0.3) is 9.05 Å². The zero-order chi connectivity index (χ0) is 10.6. The van der Waals surface area contributed by atoms with Gasteiger partial charge in [-0.25, -0.2) is 8.42 Å². The minimum atomic E-state index is -3.59. The number of benzene rings is 1. The Hall–Kier alpha value is -0.540. The SMILES string of the molecule is CCCCc1ccccc1S(=O)(=O)Cl. The van der Waals surface area contributed by atoms with E-state index >= 15 is 0 Å². The van der Waals surface area contributed by atoms with E-state index in [4.69, 9.17) is 10.7 Å². The summed E-state index contributed by atoms with van der Waals surface area (Å²) in [5.41, 5.74) is 0.810. The molecule has 0 spiro atoms. The Kier molecular flexibility index (Phi) is 3.96. The second-order valence-corrected chi connectivity index (χ2v) is 5.68. The molecule has 0 fully saturated rings. The van der Waals surface area contributed by atoms with Crippen molar-refractivity contribution in [2.24, 2.45) is 0 Å². The Morgan fingerprint density at radius 2 is 1.93 bits per heavy atom. The largest absolute Gasteiger partial charge is 0.261 e. The first-order valence-corrected chi connectivity index (χ1v) is 6.89. The third kappa shape index (κ3) is 3.00. The zero-order valence-electron chi connectivity index (χ0n) is 8.03. The van der Waals surface area contributed by atoms with Gasteiger partial charge in [-0.05, 0) is 24.5 Å². The van der Waals surface area contributed by atoms with Crippen LogP contribution < -0.4 is 0 Å². The summed E-state index contributed by atoms with van der Waals surface area (Å²) in [4.78, 5) is 0.245. The van der Waals surface area contributed by atoms with Gasteiger partial charge in [0.15, 0.2) is 0 Å². The summed E-state index contributed by atoms with van der Waals surface area (Å²) in [6, 6.07) is 6.87. The minimum Gasteiger partial charge on any atom is -0.207 e. The Morgan fingerprint density at radius 3 is 2.50 bits per heavy atom. The molecule has 14 heavy (non-hydrogen) atoms. The smallest absolute Gasteiger partial charge is 0.207 e. The molecule has 0 unspecified atom stereocenters. The molecule has 0 amide bonds. The van der Waals surface area contributed by atoms with Gasteiger partial charge in [-0.3, -0.25) is 0 Å². The number of hydrogen-bond acceptors (Lipinski definition) is 2. The normalized spacial score (nSPS) is 11.6. The van der Waals surface area contributed by atoms with Gasteiger partial charge in [0.1, 0.15) is 0 Å². The van der Waals surface area contributed by atoms with Crippen LogP contribution in [0.15, 0.2) is 29.2 Å². The Labute approximate surface area is 89.3 Å². The molecule has 1 aromatic carbocycles. The first kappa shape index (κ1) is 11.5. The molecule has 0 aliphatic rings. The summed E-state index contributed by atoms with van der Waals surface area (Å²) in [5.74, 6) is 0. The van der Waals surface area contributed by atoms with Gasteiger partial charge in [0.2, 0.25) is 0 Å². The molecule has 0 saturated heterocycles. The van der Waals surface area contributed by atoms with E-state index in [1.165, 1.54) is 0 Å². The monoisotopic (exact) mass is 232 g/mol. The molecule has 0 aromatic heterocycles. The highest BCUT2D eigenvalue weighted by atomic mass is 35.7. The molecule has 0 bridgehead atoms. The summed E-state index contributed by atoms with van der Waals surface area (Å²) in [7, 11) is 1.72. The van der Waals surface area contributed by atoms with E-state index in [9.17, 15) is 8.42 Å². The van der Waals surface area contributed by atoms with Crippen LogP contribution in [0.4, 0.5) is 0 Å². The first-order chi connectivity index (χ1) is 6.55. The average molecular weight is 233 g/mol. The van der Waals surface area contributed by atoms with Gasteiger partial charge in [0.05, 0.1) is 4.90 Å². The molecule has 1 aromatic rings. The molecule has 0 aliphatic heterocycles. The quantitative estimate of drug-likeness (QED) is 0.748. The molecule has 1 rings (SSSR count). The second-order valence-electron chi connectivity index (χ2n) is 3.15. The topological polar surface area (TPSA) is 34.1 Å². The lowest BCUT2D eigenvalue weighted by Crippen LogP contribution is -1.97. The summed E-state index contributed by atoms with van der Waals surface area (Å²) >= 11 is 0. The predicted octanol–water partition coefficient (Wildman–Crippen LogP) is 2.96. The van der Waals surface area contributed by atoms with E-state index in [0.29, 0.717) is 0 Å². The van der Waals surface area contributed by atoms with Crippen molar-refractivity contribution >= 4 is 19.7 Å². The highest BCUT2D eigenvalue weighted by molar-refractivity contribution is 8.13. The first-order valence-electron chi connectivity index (χ1n) is 4.58. The summed E-state index contributed by atoms with van der Waals surface area (Å²) in [6.45, 7) is 2.07. The van der Waals surface area contributed by atoms with E-state index in [2.05, 4.69) is 6.92 Å². The van der Waals surface area contributed by atoms with E-state index in [1.54, 1.807) is 12.1 Å². The molecule has 0 aliphatic carbocycles. The van der Waals surface area contributed by atoms with Crippen molar-refractivity contribution in [1.82, 2.24) is 0 Å². The van der Waals surface area contributed by atoms with Crippen LogP contribution in [-0.4, -0.2) is 8.42 Å². The number of aryl methyl sites for hydroxylation is 1. The molecule has 2 nitrogen and oxygen atoms in total. The third-order valence-corrected chi connectivity index (χ3v) is 3.46. The van der Waals surface area contributed by atoms with Crippen molar-refractivity contribution < 1.29 is 8.42 Å². The number of rotatable bonds is 4. The highest BCUT2D eigenvalue weighted by Gasteiger charge is 2.13. The van der Waals surface area contributed by atoms with Gasteiger partial charge < -0.3 is 0 Å². The number of hydrogen-bond donors (Lipinski definition) is 0. The summed E-state index contributed by atoms with van der Waals surface area (Å²) < 4.78 is 22.4. The second kappa shape index (κ2) is 4.80. The molecule has 0 atom stereocenters. The Bertz CT molecular complexity index is 398. The van der Waals surface area contributed by atoms with E-state index in [1.807, 2.05) is 12.1 Å². The van der Waals surface area contributed by atoms with Gasteiger partial charge >= 0.3 is 0 Å². The maximum atomic E-state index is 11.2. The van der Waals surface area contributed by atoms with Gasteiger partial charge in [-0.15, -0.1) is 0 Å². The standard InChI is InChI=1S/C10H13ClO2S/c1-2-3-6-9-7-4-5-8-10(9)14(11,12)13/h4-5,7-8H,2-3,6H2,1H3. The van der Waals surface area contributed by atoms with Crippen LogP contribution in [0.2, 0.25) is 0 Å². The van der Waals surface area contributed by atoms with Crippen molar-refractivity contribution in [3.63, 3.8) is 0 Å². The van der Waals surface area contributed by atoms with Crippen molar-refractivity contribution in [1.29, 1.82) is 0 Å². The molecule has 0 heterocycles. The number of unbranched alkanes of at least 4 members (excludes halogenated alkanes) is 1. The van der Waals surface area contributed by atoms with Gasteiger partial charge in [-0.1, -0.05) is 31.5 Å². The summed E-state index contributed by atoms with van der Waals surface area (Å²) in [5, 5.41) is 0. The van der Waals surface area contributed by atoms with Crippen LogP contribution in [0.3, 0.4) is 0 Å². The van der Waals surface area contributed by atoms with Crippen LogP contribution >= 0.6 is 10.7 Å². The Balaban J connectivity index is 3.04. The Morgan fingerprint density at radius 1 is 1.29 bits per heavy atom. The molecule has 4 heteroatoms. The fraction of sp³-hybridized carbons (Fsp3) is 0.400. The van der Waals surface area contributed by atoms with Crippen molar-refractivity contribution in [2.75, 3.05) is 0 Å². The van der Waals surface area contributed by atoms with Crippen molar-refractivity contribution in [3.8, 4) is 0 Å². The van der Waals surface area contributed by atoms with Crippen LogP contribution in [0, 0.1) is 0 Å². The van der Waals surface area contributed by atoms with Crippen LogP contribution in [-0.2, 0) is 15.5 Å².